The molecule has 1 amide bonds. The molecule has 3 rings (SSSR count). The van der Waals surface area contributed by atoms with Crippen LogP contribution >= 0.6 is 0 Å². The van der Waals surface area contributed by atoms with Crippen LogP contribution in [-0.2, 0) is 20.7 Å². The topological polar surface area (TPSA) is 178 Å². The fourth-order valence-corrected chi connectivity index (χ4v) is 5.32. The second-order valence-corrected chi connectivity index (χ2v) is 12.1. The van der Waals surface area contributed by atoms with Gasteiger partial charge in [-0.3, -0.25) is 4.79 Å². The summed E-state index contributed by atoms with van der Waals surface area (Å²) in [6.07, 6.45) is -0.958. The zero-order chi connectivity index (χ0) is 34.3. The number of rotatable bonds is 20. The summed E-state index contributed by atoms with van der Waals surface area (Å²) in [5.74, 6) is -1.42. The predicted molar refractivity (Wildman–Crippen MR) is 167 cm³/mol. The molecule has 0 bridgehead atoms. The summed E-state index contributed by atoms with van der Waals surface area (Å²) >= 11 is 0. The Labute approximate surface area is 274 Å². The summed E-state index contributed by atoms with van der Waals surface area (Å²) < 4.78 is 42.8. The molecule has 1 aliphatic rings. The van der Waals surface area contributed by atoms with Gasteiger partial charge < -0.3 is 50.2 Å². The first-order valence-corrected chi connectivity index (χ1v) is 16.3. The Bertz CT molecular complexity index is 1200. The van der Waals surface area contributed by atoms with Crippen LogP contribution in [0.15, 0.2) is 42.5 Å². The van der Waals surface area contributed by atoms with Crippen molar-refractivity contribution in [1.29, 1.82) is 0 Å². The van der Waals surface area contributed by atoms with E-state index in [9.17, 15) is 44.2 Å². The van der Waals surface area contributed by atoms with Gasteiger partial charge in [0, 0.05) is 12.5 Å². The van der Waals surface area contributed by atoms with Crippen molar-refractivity contribution in [3.05, 3.63) is 59.7 Å². The molecule has 2 aromatic carbocycles. The van der Waals surface area contributed by atoms with Crippen LogP contribution in [0.5, 0.6) is 11.5 Å². The van der Waals surface area contributed by atoms with Gasteiger partial charge in [0.15, 0.2) is 17.9 Å². The summed E-state index contributed by atoms with van der Waals surface area (Å²) in [7, 11) is 0. The number of benzene rings is 2. The zero-order valence-corrected chi connectivity index (χ0v) is 26.7. The number of carbonyl (C=O) groups excluding carboxylic acids is 1. The highest BCUT2D eigenvalue weighted by molar-refractivity contribution is 5.76. The van der Waals surface area contributed by atoms with Crippen molar-refractivity contribution in [1.82, 2.24) is 5.32 Å². The Hall–Kier alpha value is -2.75. The lowest BCUT2D eigenvalue weighted by molar-refractivity contribution is -0.303. The van der Waals surface area contributed by atoms with Crippen LogP contribution in [0.1, 0.15) is 70.3 Å². The third kappa shape index (κ3) is 12.7. The van der Waals surface area contributed by atoms with Gasteiger partial charge in [-0.25, -0.2) is 8.78 Å². The first-order valence-electron chi connectivity index (χ1n) is 16.3. The minimum atomic E-state index is -1.63. The molecule has 0 radical (unpaired) electrons. The van der Waals surface area contributed by atoms with E-state index in [1.807, 2.05) is 24.3 Å². The number of aliphatic hydroxyl groups excluding tert-OH is 6. The van der Waals surface area contributed by atoms with Crippen molar-refractivity contribution >= 4 is 5.91 Å². The second kappa shape index (κ2) is 19.9. The number of hydrogen-bond donors (Lipinski definition) is 7. The number of aliphatic hydroxyl groups is 6. The minimum absolute atomic E-state index is 0.216. The molecule has 1 fully saturated rings. The van der Waals surface area contributed by atoms with Gasteiger partial charge in [-0.05, 0) is 56.0 Å². The van der Waals surface area contributed by atoms with Crippen LogP contribution < -0.4 is 10.1 Å². The first-order chi connectivity index (χ1) is 22.5. The maximum atomic E-state index is 13.4. The van der Waals surface area contributed by atoms with Crippen molar-refractivity contribution in [2.75, 3.05) is 13.2 Å². The smallest absolute Gasteiger partial charge is 0.220 e. The number of ether oxygens (including phenoxy) is 3. The lowest BCUT2D eigenvalue weighted by Gasteiger charge is -2.40. The molecule has 1 aliphatic heterocycles. The third-order valence-electron chi connectivity index (χ3n) is 8.21. The fourth-order valence-electron chi connectivity index (χ4n) is 5.32. The highest BCUT2D eigenvalue weighted by Gasteiger charge is 2.44. The average Bonchev–Trinajstić information content (AvgIpc) is 3.05. The Kier molecular flexibility index (Phi) is 16.4. The highest BCUT2D eigenvalue weighted by Crippen LogP contribution is 2.25. The van der Waals surface area contributed by atoms with Gasteiger partial charge in [-0.1, -0.05) is 50.7 Å². The van der Waals surface area contributed by atoms with E-state index >= 15 is 0 Å². The largest absolute Gasteiger partial charge is 0.457 e. The van der Waals surface area contributed by atoms with Crippen molar-refractivity contribution in [3.8, 4) is 11.5 Å². The highest BCUT2D eigenvalue weighted by atomic mass is 19.2. The second-order valence-electron chi connectivity index (χ2n) is 12.1. The van der Waals surface area contributed by atoms with Crippen LogP contribution in [0.2, 0.25) is 0 Å². The third-order valence-corrected chi connectivity index (χ3v) is 8.21. The van der Waals surface area contributed by atoms with Gasteiger partial charge in [0.05, 0.1) is 25.4 Å². The van der Waals surface area contributed by atoms with Crippen molar-refractivity contribution in [3.63, 3.8) is 0 Å². The molecule has 11 nitrogen and oxygen atoms in total. The van der Waals surface area contributed by atoms with Gasteiger partial charge in [-0.2, -0.15) is 0 Å². The van der Waals surface area contributed by atoms with E-state index in [1.54, 1.807) is 0 Å². The lowest BCUT2D eigenvalue weighted by Crippen LogP contribution is -2.60. The molecule has 8 atom stereocenters. The van der Waals surface area contributed by atoms with Crippen LogP contribution in [0, 0.1) is 11.6 Å². The molecular weight excluding hydrogens is 620 g/mol. The molecule has 47 heavy (non-hydrogen) atoms. The summed E-state index contributed by atoms with van der Waals surface area (Å²) in [5.41, 5.74) is 1.17. The maximum absolute atomic E-state index is 13.4. The number of nitrogens with one attached hydrogen (secondary N) is 1. The van der Waals surface area contributed by atoms with Crippen LogP contribution in [0.25, 0.3) is 0 Å². The van der Waals surface area contributed by atoms with E-state index in [1.165, 1.54) is 18.6 Å². The molecule has 1 saturated heterocycles. The molecule has 0 spiro atoms. The van der Waals surface area contributed by atoms with Gasteiger partial charge in [-0.15, -0.1) is 0 Å². The SMILES string of the molecule is C[C@@H](O)[C@@H](O)[C@H](CO[C@H]1OC(CO)[C@H](O)C(O)C1O)NC(=O)CCCCCCCCCCc1ccc(Oc2ccc(F)c(F)c2)cc1. The van der Waals surface area contributed by atoms with E-state index in [4.69, 9.17) is 14.2 Å². The Morgan fingerprint density at radius 1 is 0.851 bits per heavy atom. The van der Waals surface area contributed by atoms with E-state index in [0.29, 0.717) is 12.2 Å². The monoisotopic (exact) mass is 669 g/mol. The molecule has 264 valence electrons. The van der Waals surface area contributed by atoms with Crippen molar-refractivity contribution < 1.29 is 58.4 Å². The molecular formula is C34H49F2NO10. The number of carbonyl (C=O) groups is 1. The molecule has 3 unspecified atom stereocenters. The molecule has 13 heteroatoms. The van der Waals surface area contributed by atoms with Crippen LogP contribution in [0.4, 0.5) is 8.78 Å². The summed E-state index contributed by atoms with van der Waals surface area (Å²) in [4.78, 5) is 12.6. The quantitative estimate of drug-likeness (QED) is 0.104. The molecule has 1 heterocycles. The van der Waals surface area contributed by atoms with E-state index in [-0.39, 0.29) is 24.7 Å². The summed E-state index contributed by atoms with van der Waals surface area (Å²) in [6.45, 7) is 0.371. The maximum Gasteiger partial charge on any atom is 0.220 e. The number of unbranched alkanes of at least 4 members (excludes halogenated alkanes) is 7. The standard InChI is InChI=1S/C34H49F2NO10/c1-21(39)30(41)27(20-45-34-33(44)32(43)31(42)28(19-38)47-34)37-29(40)11-9-7-5-3-2-4-6-8-10-22-12-14-23(15-13-22)46-24-16-17-25(35)26(36)18-24/h12-18,21,27-28,30-34,38-39,41-44H,2-11,19-20H2,1H3,(H,37,40)/t21-,27+,28?,30-,31+,32?,33?,34+/m1/s1. The van der Waals surface area contributed by atoms with E-state index in [2.05, 4.69) is 5.32 Å². The number of aryl methyl sites for hydroxylation is 1. The summed E-state index contributed by atoms with van der Waals surface area (Å²) in [6, 6.07) is 9.94. The van der Waals surface area contributed by atoms with Gasteiger partial charge >= 0.3 is 0 Å². The molecule has 0 aliphatic carbocycles. The van der Waals surface area contributed by atoms with Gasteiger partial charge in [0.1, 0.15) is 42.0 Å². The van der Waals surface area contributed by atoms with Gasteiger partial charge in [0.2, 0.25) is 5.91 Å². The number of halogens is 2. The molecule has 0 saturated carbocycles. The Balaban J connectivity index is 1.25. The first kappa shape index (κ1) is 38.7. The zero-order valence-electron chi connectivity index (χ0n) is 26.7. The predicted octanol–water partition coefficient (Wildman–Crippen LogP) is 2.85. The van der Waals surface area contributed by atoms with Crippen LogP contribution in [-0.4, -0.2) is 98.7 Å². The Morgan fingerprint density at radius 3 is 2.09 bits per heavy atom. The average molecular weight is 670 g/mol. The molecule has 2 aromatic rings. The number of hydrogen-bond acceptors (Lipinski definition) is 10. The molecule has 0 aromatic heterocycles. The Morgan fingerprint density at radius 2 is 1.47 bits per heavy atom. The fraction of sp³-hybridized carbons (Fsp3) is 0.618. The van der Waals surface area contributed by atoms with E-state index < -0.39 is 67.2 Å². The molecule has 7 N–H and O–H groups in total. The van der Waals surface area contributed by atoms with E-state index in [0.717, 1.165) is 63.5 Å². The summed E-state index contributed by atoms with van der Waals surface area (Å²) in [5, 5.41) is 62.2. The minimum Gasteiger partial charge on any atom is -0.457 e. The van der Waals surface area contributed by atoms with Crippen molar-refractivity contribution in [2.45, 2.75) is 120 Å². The lowest BCUT2D eigenvalue weighted by atomic mass is 9.99. The normalized spacial score (nSPS) is 23.2. The van der Waals surface area contributed by atoms with Gasteiger partial charge in [0.25, 0.3) is 0 Å². The van der Waals surface area contributed by atoms with Crippen molar-refractivity contribution in [2.24, 2.45) is 0 Å². The number of amides is 1. The van der Waals surface area contributed by atoms with Crippen LogP contribution in [0.3, 0.4) is 0 Å².